The summed E-state index contributed by atoms with van der Waals surface area (Å²) in [5, 5.41) is 10.9. The van der Waals surface area contributed by atoms with Crippen LogP contribution in [0.1, 0.15) is 23.0 Å². The van der Waals surface area contributed by atoms with E-state index in [1.54, 1.807) is 84.9 Å². The quantitative estimate of drug-likeness (QED) is 0.247. The van der Waals surface area contributed by atoms with Gasteiger partial charge in [0.25, 0.3) is 0 Å². The molecule has 40 heavy (non-hydrogen) atoms. The molecule has 0 aliphatic heterocycles. The predicted molar refractivity (Wildman–Crippen MR) is 161 cm³/mol. The van der Waals surface area contributed by atoms with Gasteiger partial charge >= 0.3 is 0 Å². The highest BCUT2D eigenvalue weighted by atomic mass is 79.9. The summed E-state index contributed by atoms with van der Waals surface area (Å²) in [7, 11) is -8.93. The van der Waals surface area contributed by atoms with Crippen molar-refractivity contribution in [1.29, 1.82) is 5.26 Å². The normalized spacial score (nSPS) is 21.2. The van der Waals surface area contributed by atoms with E-state index in [-0.39, 0.29) is 14.7 Å². The molecule has 0 fully saturated rings. The predicted octanol–water partition coefficient (Wildman–Crippen LogP) is 6.47. The van der Waals surface area contributed by atoms with E-state index in [0.29, 0.717) is 20.1 Å². The number of rotatable bonds is 6. The molecule has 4 aromatic carbocycles. The van der Waals surface area contributed by atoms with Crippen LogP contribution in [0.3, 0.4) is 0 Å². The Morgan fingerprint density at radius 2 is 1.20 bits per heavy atom. The molecule has 0 spiro atoms. The van der Waals surface area contributed by atoms with Gasteiger partial charge < -0.3 is 5.73 Å². The van der Waals surface area contributed by atoms with Crippen molar-refractivity contribution in [3.63, 3.8) is 0 Å². The second-order valence-electron chi connectivity index (χ2n) is 9.32. The summed E-state index contributed by atoms with van der Waals surface area (Å²) in [5.41, 5.74) is 7.16. The monoisotopic (exact) mass is 696 g/mol. The average molecular weight is 698 g/mol. The van der Waals surface area contributed by atoms with Crippen LogP contribution in [0.4, 0.5) is 0 Å². The van der Waals surface area contributed by atoms with Crippen molar-refractivity contribution in [3.05, 3.63) is 140 Å². The molecule has 10 heteroatoms. The van der Waals surface area contributed by atoms with Crippen LogP contribution >= 0.6 is 31.9 Å². The van der Waals surface area contributed by atoms with E-state index in [1.165, 1.54) is 24.3 Å². The van der Waals surface area contributed by atoms with E-state index in [4.69, 9.17) is 5.73 Å². The van der Waals surface area contributed by atoms with Crippen molar-refractivity contribution < 1.29 is 16.8 Å². The summed E-state index contributed by atoms with van der Waals surface area (Å²) in [4.78, 5) is -0.486. The number of nitriles is 1. The summed E-state index contributed by atoms with van der Waals surface area (Å²) >= 11 is 6.92. The zero-order valence-electron chi connectivity index (χ0n) is 20.8. The Hall–Kier alpha value is -3.23. The Labute approximate surface area is 250 Å². The van der Waals surface area contributed by atoms with Gasteiger partial charge in [0.05, 0.1) is 26.5 Å². The molecule has 0 saturated carbocycles. The van der Waals surface area contributed by atoms with Crippen LogP contribution in [0.2, 0.25) is 0 Å². The van der Waals surface area contributed by atoms with E-state index in [2.05, 4.69) is 31.9 Å². The molecular formula is C30H22Br2N2O4S2. The van der Waals surface area contributed by atoms with Crippen LogP contribution in [0, 0.1) is 11.3 Å². The second kappa shape index (κ2) is 10.6. The number of sulfone groups is 2. The Balaban J connectivity index is 1.96. The molecule has 6 nitrogen and oxygen atoms in total. The molecular weight excluding hydrogens is 676 g/mol. The van der Waals surface area contributed by atoms with Crippen LogP contribution in [-0.4, -0.2) is 21.6 Å². The van der Waals surface area contributed by atoms with Crippen LogP contribution in [0.5, 0.6) is 0 Å². The molecule has 0 saturated heterocycles. The fraction of sp³-hybridized carbons (Fsp3) is 0.100. The highest BCUT2D eigenvalue weighted by Gasteiger charge is 2.65. The van der Waals surface area contributed by atoms with Crippen LogP contribution in [0.25, 0.3) is 0 Å². The van der Waals surface area contributed by atoms with Crippen molar-refractivity contribution in [2.45, 2.75) is 26.4 Å². The molecule has 0 radical (unpaired) electrons. The fourth-order valence-electron chi connectivity index (χ4n) is 5.40. The maximum absolute atomic E-state index is 14.6. The Kier molecular flexibility index (Phi) is 7.52. The molecule has 1 aliphatic carbocycles. The van der Waals surface area contributed by atoms with Gasteiger partial charge in [0.2, 0.25) is 24.4 Å². The van der Waals surface area contributed by atoms with E-state index in [1.807, 2.05) is 6.07 Å². The van der Waals surface area contributed by atoms with Crippen LogP contribution < -0.4 is 5.73 Å². The first kappa shape index (κ1) is 28.3. The Morgan fingerprint density at radius 3 is 1.73 bits per heavy atom. The number of hydrogen-bond donors (Lipinski definition) is 1. The highest BCUT2D eigenvalue weighted by Crippen LogP contribution is 2.60. The minimum absolute atomic E-state index is 0.0493. The fourth-order valence-corrected chi connectivity index (χ4v) is 10.1. The van der Waals surface area contributed by atoms with Gasteiger partial charge in [-0.05, 0) is 59.7 Å². The zero-order valence-corrected chi connectivity index (χ0v) is 25.6. The molecule has 5 rings (SSSR count). The van der Waals surface area contributed by atoms with E-state index in [0.717, 1.165) is 0 Å². The number of halogens is 2. The number of benzene rings is 4. The molecule has 202 valence electrons. The first-order chi connectivity index (χ1) is 19.1. The lowest BCUT2D eigenvalue weighted by molar-refractivity contribution is 0.527. The van der Waals surface area contributed by atoms with Gasteiger partial charge in [0.15, 0.2) is 0 Å². The van der Waals surface area contributed by atoms with Crippen LogP contribution in [0.15, 0.2) is 139 Å². The molecule has 2 N–H and O–H groups in total. The molecule has 0 unspecified atom stereocenters. The lowest BCUT2D eigenvalue weighted by Gasteiger charge is -2.33. The maximum Gasteiger partial charge on any atom is 0.210 e. The number of nitrogens with zero attached hydrogens (tertiary/aromatic N) is 1. The molecule has 0 heterocycles. The van der Waals surface area contributed by atoms with E-state index < -0.39 is 42.0 Å². The number of allylic oxidation sites excluding steroid dienone is 1. The maximum atomic E-state index is 14.6. The standard InChI is InChI=1S/C30H22Br2N2O4S2/c31-22-11-7-9-20(17-22)26-27(21-10-8-12-23(32)18-21)30(19-33,40(37,38)25-15-5-2-6-16-25)29(34)28(26)39(35,36)24-13-3-1-4-14-24/h1-18,26-27H,34H2/t26-,27-,30+/m0/s1. The van der Waals surface area contributed by atoms with E-state index in [9.17, 15) is 22.1 Å². The first-order valence-corrected chi connectivity index (χ1v) is 16.6. The molecule has 3 atom stereocenters. The number of nitrogens with two attached hydrogens (primary N) is 1. The van der Waals surface area contributed by atoms with Gasteiger partial charge in [-0.1, -0.05) is 92.5 Å². The topological polar surface area (TPSA) is 118 Å². The molecule has 1 aliphatic rings. The molecule has 4 aromatic rings. The van der Waals surface area contributed by atoms with Crippen molar-refractivity contribution in [2.24, 2.45) is 5.73 Å². The third-order valence-electron chi connectivity index (χ3n) is 7.12. The summed E-state index contributed by atoms with van der Waals surface area (Å²) in [5.74, 6) is -2.31. The largest absolute Gasteiger partial charge is 0.399 e. The lowest BCUT2D eigenvalue weighted by Crippen LogP contribution is -2.45. The van der Waals surface area contributed by atoms with Crippen molar-refractivity contribution in [1.82, 2.24) is 0 Å². The summed E-state index contributed by atoms with van der Waals surface area (Å²) < 4.78 is 56.7. The lowest BCUT2D eigenvalue weighted by atomic mass is 9.78. The Morgan fingerprint density at radius 1 is 0.700 bits per heavy atom. The van der Waals surface area contributed by atoms with Crippen molar-refractivity contribution in [3.8, 4) is 6.07 Å². The highest BCUT2D eigenvalue weighted by molar-refractivity contribution is 9.10. The van der Waals surface area contributed by atoms with Gasteiger partial charge in [-0.3, -0.25) is 0 Å². The summed E-state index contributed by atoms with van der Waals surface area (Å²) in [6, 6.07) is 31.1. The van der Waals surface area contributed by atoms with E-state index >= 15 is 0 Å². The van der Waals surface area contributed by atoms with Gasteiger partial charge in [0, 0.05) is 20.8 Å². The zero-order chi connectivity index (χ0) is 28.7. The summed E-state index contributed by atoms with van der Waals surface area (Å²) in [6.07, 6.45) is 0. The third-order valence-corrected chi connectivity index (χ3v) is 12.4. The third kappa shape index (κ3) is 4.41. The SMILES string of the molecule is N#C[C@]1(S(=O)(=O)c2ccccc2)C(N)=C(S(=O)(=O)c2ccccc2)[C@@H](c2cccc(Br)c2)[C@@H]1c1cccc(Br)c1. The molecule has 0 bridgehead atoms. The minimum atomic E-state index is -4.57. The van der Waals surface area contributed by atoms with Gasteiger partial charge in [-0.25, -0.2) is 16.8 Å². The summed E-state index contributed by atoms with van der Waals surface area (Å²) in [6.45, 7) is 0. The molecule has 0 aromatic heterocycles. The Bertz CT molecular complexity index is 1890. The van der Waals surface area contributed by atoms with Crippen molar-refractivity contribution >= 4 is 51.5 Å². The van der Waals surface area contributed by atoms with Gasteiger partial charge in [-0.15, -0.1) is 0 Å². The molecule has 0 amide bonds. The van der Waals surface area contributed by atoms with Gasteiger partial charge in [0.1, 0.15) is 0 Å². The number of hydrogen-bond acceptors (Lipinski definition) is 6. The van der Waals surface area contributed by atoms with Crippen LogP contribution in [-0.2, 0) is 19.7 Å². The minimum Gasteiger partial charge on any atom is -0.399 e. The van der Waals surface area contributed by atoms with Gasteiger partial charge in [-0.2, -0.15) is 5.26 Å². The first-order valence-electron chi connectivity index (χ1n) is 12.1. The smallest absolute Gasteiger partial charge is 0.210 e. The average Bonchev–Trinajstić information content (AvgIpc) is 3.24. The van der Waals surface area contributed by atoms with Crippen molar-refractivity contribution in [2.75, 3.05) is 0 Å². The second-order valence-corrected chi connectivity index (χ2v) is 15.2.